The Bertz CT molecular complexity index is 842. The van der Waals surface area contributed by atoms with Crippen LogP contribution in [0.1, 0.15) is 50.2 Å². The van der Waals surface area contributed by atoms with Crippen molar-refractivity contribution in [2.75, 3.05) is 6.54 Å². The average molecular weight is 357 g/mol. The van der Waals surface area contributed by atoms with Gasteiger partial charge in [0.15, 0.2) is 0 Å². The number of ether oxygens (including phenoxy) is 1. The van der Waals surface area contributed by atoms with Crippen molar-refractivity contribution in [2.45, 2.75) is 70.1 Å². The maximum absolute atomic E-state index is 12.3. The van der Waals surface area contributed by atoms with Crippen LogP contribution in [0.5, 0.6) is 5.75 Å². The molecule has 0 aliphatic heterocycles. The van der Waals surface area contributed by atoms with E-state index in [4.69, 9.17) is 9.15 Å². The Morgan fingerprint density at radius 2 is 2.04 bits per heavy atom. The maximum atomic E-state index is 12.3. The highest BCUT2D eigenvalue weighted by Gasteiger charge is 2.30. The molecule has 0 bridgehead atoms. The highest BCUT2D eigenvalue weighted by atomic mass is 16.5. The summed E-state index contributed by atoms with van der Waals surface area (Å²) in [4.78, 5) is 12.3. The molecule has 1 fully saturated rings. The Morgan fingerprint density at radius 1 is 1.23 bits per heavy atom. The summed E-state index contributed by atoms with van der Waals surface area (Å²) in [6.07, 6.45) is 6.71. The van der Waals surface area contributed by atoms with E-state index in [0.717, 1.165) is 67.2 Å². The summed E-state index contributed by atoms with van der Waals surface area (Å²) in [5.74, 6) is 0.820. The van der Waals surface area contributed by atoms with Crippen molar-refractivity contribution < 1.29 is 14.3 Å². The standard InChI is InChI=1S/C21H27NO4/c1-13(23)12-22-16-8-4-9-17(16)25-18-10-5-11-19-20(18)14-6-2-3-7-15(14)21(24)26-19/h5,10-11,13,16-17,22-23H,2-4,6-9,12H2,1H3. The van der Waals surface area contributed by atoms with Crippen molar-refractivity contribution in [3.05, 3.63) is 39.7 Å². The molecule has 5 nitrogen and oxygen atoms in total. The van der Waals surface area contributed by atoms with Gasteiger partial charge in [0.1, 0.15) is 17.4 Å². The third-order valence-corrected chi connectivity index (χ3v) is 5.61. The van der Waals surface area contributed by atoms with Crippen LogP contribution in [0.2, 0.25) is 0 Å². The molecule has 3 unspecified atom stereocenters. The SMILES string of the molecule is CC(O)CNC1CCCC1Oc1cccc2oc(=O)c3c(c12)CCCC3. The zero-order valence-corrected chi connectivity index (χ0v) is 15.3. The van der Waals surface area contributed by atoms with E-state index in [-0.39, 0.29) is 23.9 Å². The van der Waals surface area contributed by atoms with Gasteiger partial charge in [0, 0.05) is 18.2 Å². The van der Waals surface area contributed by atoms with E-state index in [1.165, 1.54) is 0 Å². The average Bonchev–Trinajstić information content (AvgIpc) is 3.07. The third-order valence-electron chi connectivity index (χ3n) is 5.61. The molecule has 1 heterocycles. The van der Waals surface area contributed by atoms with Crippen LogP contribution < -0.4 is 15.7 Å². The molecular formula is C21H27NO4. The first-order valence-corrected chi connectivity index (χ1v) is 9.79. The summed E-state index contributed by atoms with van der Waals surface area (Å²) in [6, 6.07) is 5.98. The van der Waals surface area contributed by atoms with Gasteiger partial charge in [0.05, 0.1) is 11.5 Å². The molecule has 26 heavy (non-hydrogen) atoms. The predicted molar refractivity (Wildman–Crippen MR) is 101 cm³/mol. The second-order valence-corrected chi connectivity index (χ2v) is 7.63. The fourth-order valence-corrected chi connectivity index (χ4v) is 4.35. The number of benzene rings is 1. The summed E-state index contributed by atoms with van der Waals surface area (Å²) < 4.78 is 12.0. The molecule has 0 amide bonds. The van der Waals surface area contributed by atoms with Gasteiger partial charge in [-0.2, -0.15) is 0 Å². The smallest absolute Gasteiger partial charge is 0.339 e. The number of hydrogen-bond donors (Lipinski definition) is 2. The Morgan fingerprint density at radius 3 is 2.85 bits per heavy atom. The van der Waals surface area contributed by atoms with E-state index >= 15 is 0 Å². The fourth-order valence-electron chi connectivity index (χ4n) is 4.35. The van der Waals surface area contributed by atoms with Crippen LogP contribution in [0.25, 0.3) is 11.0 Å². The zero-order chi connectivity index (χ0) is 18.1. The highest BCUT2D eigenvalue weighted by molar-refractivity contribution is 5.88. The largest absolute Gasteiger partial charge is 0.488 e. The van der Waals surface area contributed by atoms with E-state index in [9.17, 15) is 9.90 Å². The molecule has 0 saturated heterocycles. The van der Waals surface area contributed by atoms with E-state index < -0.39 is 0 Å². The maximum Gasteiger partial charge on any atom is 0.339 e. The molecule has 1 aromatic carbocycles. The molecule has 2 aromatic rings. The summed E-state index contributed by atoms with van der Waals surface area (Å²) in [6.45, 7) is 2.36. The number of aliphatic hydroxyl groups excluding tert-OH is 1. The van der Waals surface area contributed by atoms with Crippen molar-refractivity contribution in [1.82, 2.24) is 5.32 Å². The van der Waals surface area contributed by atoms with Crippen LogP contribution in [-0.4, -0.2) is 29.9 Å². The first-order valence-electron chi connectivity index (χ1n) is 9.79. The molecule has 3 atom stereocenters. The minimum Gasteiger partial charge on any atom is -0.488 e. The lowest BCUT2D eigenvalue weighted by atomic mass is 9.90. The topological polar surface area (TPSA) is 71.7 Å². The number of aryl methyl sites for hydroxylation is 1. The number of aliphatic hydroxyl groups is 1. The van der Waals surface area contributed by atoms with Gasteiger partial charge in [-0.25, -0.2) is 4.79 Å². The van der Waals surface area contributed by atoms with Crippen LogP contribution in [0.15, 0.2) is 27.4 Å². The summed E-state index contributed by atoms with van der Waals surface area (Å²) >= 11 is 0. The van der Waals surface area contributed by atoms with Gasteiger partial charge in [0.25, 0.3) is 0 Å². The Hall–Kier alpha value is -1.85. The van der Waals surface area contributed by atoms with Crippen LogP contribution in [0.3, 0.4) is 0 Å². The molecule has 1 saturated carbocycles. The molecule has 2 aliphatic rings. The lowest BCUT2D eigenvalue weighted by Crippen LogP contribution is -2.42. The van der Waals surface area contributed by atoms with E-state index in [2.05, 4.69) is 5.32 Å². The number of fused-ring (bicyclic) bond motifs is 3. The van der Waals surface area contributed by atoms with E-state index in [0.29, 0.717) is 12.1 Å². The quantitative estimate of drug-likeness (QED) is 0.805. The molecule has 4 rings (SSSR count). The highest BCUT2D eigenvalue weighted by Crippen LogP contribution is 2.35. The van der Waals surface area contributed by atoms with Gasteiger partial charge >= 0.3 is 5.63 Å². The number of nitrogens with one attached hydrogen (secondary N) is 1. The van der Waals surface area contributed by atoms with Gasteiger partial charge in [0.2, 0.25) is 0 Å². The lowest BCUT2D eigenvalue weighted by Gasteiger charge is -2.25. The van der Waals surface area contributed by atoms with Crippen LogP contribution in [0.4, 0.5) is 0 Å². The number of hydrogen-bond acceptors (Lipinski definition) is 5. The van der Waals surface area contributed by atoms with E-state index in [1.54, 1.807) is 6.92 Å². The summed E-state index contributed by atoms with van der Waals surface area (Å²) in [7, 11) is 0. The van der Waals surface area contributed by atoms with Gasteiger partial charge < -0.3 is 19.6 Å². The normalized spacial score (nSPS) is 23.8. The second-order valence-electron chi connectivity index (χ2n) is 7.63. The van der Waals surface area contributed by atoms with Crippen molar-refractivity contribution in [1.29, 1.82) is 0 Å². The fraction of sp³-hybridized carbons (Fsp3) is 0.571. The van der Waals surface area contributed by atoms with Gasteiger partial charge in [-0.05, 0) is 69.6 Å². The summed E-state index contributed by atoms with van der Waals surface area (Å²) in [5, 5.41) is 13.9. The minimum absolute atomic E-state index is 0.0746. The number of rotatable bonds is 5. The molecule has 1 aromatic heterocycles. The Labute approximate surface area is 153 Å². The first-order chi connectivity index (χ1) is 12.6. The van der Waals surface area contributed by atoms with E-state index in [1.807, 2.05) is 18.2 Å². The Kier molecular flexibility index (Phi) is 5.00. The van der Waals surface area contributed by atoms with Gasteiger partial charge in [-0.3, -0.25) is 0 Å². The van der Waals surface area contributed by atoms with Crippen molar-refractivity contribution in [3.8, 4) is 5.75 Å². The van der Waals surface area contributed by atoms with Crippen LogP contribution in [0, 0.1) is 0 Å². The zero-order valence-electron chi connectivity index (χ0n) is 15.3. The van der Waals surface area contributed by atoms with Crippen LogP contribution in [-0.2, 0) is 12.8 Å². The first kappa shape index (κ1) is 17.6. The minimum atomic E-state index is -0.366. The summed E-state index contributed by atoms with van der Waals surface area (Å²) in [5.41, 5.74) is 2.38. The van der Waals surface area contributed by atoms with Crippen LogP contribution >= 0.6 is 0 Å². The van der Waals surface area contributed by atoms with Gasteiger partial charge in [-0.15, -0.1) is 0 Å². The second kappa shape index (κ2) is 7.41. The lowest BCUT2D eigenvalue weighted by molar-refractivity contribution is 0.150. The predicted octanol–water partition coefficient (Wildman–Crippen LogP) is 2.94. The van der Waals surface area contributed by atoms with Crippen molar-refractivity contribution >= 4 is 11.0 Å². The van der Waals surface area contributed by atoms with Gasteiger partial charge in [-0.1, -0.05) is 6.07 Å². The van der Waals surface area contributed by atoms with Crippen molar-refractivity contribution in [3.63, 3.8) is 0 Å². The Balaban J connectivity index is 1.67. The van der Waals surface area contributed by atoms with Crippen molar-refractivity contribution in [2.24, 2.45) is 0 Å². The third kappa shape index (κ3) is 3.38. The molecule has 0 radical (unpaired) electrons. The molecule has 2 N–H and O–H groups in total. The molecule has 5 heteroatoms. The molecule has 140 valence electrons. The molecular weight excluding hydrogens is 330 g/mol. The molecule has 0 spiro atoms. The molecule has 2 aliphatic carbocycles. The monoisotopic (exact) mass is 357 g/mol.